The molecule has 82 valence electrons. The van der Waals surface area contributed by atoms with Gasteiger partial charge < -0.3 is 5.11 Å². The van der Waals surface area contributed by atoms with Crippen LogP contribution < -0.4 is 0 Å². The number of phenols is 1. The van der Waals surface area contributed by atoms with E-state index in [9.17, 15) is 4.79 Å². The van der Waals surface area contributed by atoms with Gasteiger partial charge in [-0.2, -0.15) is 0 Å². The smallest absolute Gasteiger partial charge is 0.265 e. The molecule has 0 bridgehead atoms. The van der Waals surface area contributed by atoms with E-state index in [4.69, 9.17) is 17.3 Å². The molecule has 16 heavy (non-hydrogen) atoms. The fraction of sp³-hybridized carbons (Fsp3) is 0.0909. The van der Waals surface area contributed by atoms with Crippen molar-refractivity contribution in [3.05, 3.63) is 34.7 Å². The van der Waals surface area contributed by atoms with Crippen LogP contribution in [-0.4, -0.2) is 27.3 Å². The molecule has 1 fully saturated rings. The second-order valence-electron chi connectivity index (χ2n) is 3.33. The first kappa shape index (κ1) is 11.2. The Bertz CT molecular complexity index is 479. The molecule has 0 unspecified atom stereocenters. The van der Waals surface area contributed by atoms with Gasteiger partial charge in [0.2, 0.25) is 0 Å². The van der Waals surface area contributed by atoms with Crippen LogP contribution in [0.1, 0.15) is 5.56 Å². The zero-order valence-electron chi connectivity index (χ0n) is 8.51. The van der Waals surface area contributed by atoms with Crippen LogP contribution >= 0.6 is 24.0 Å². The van der Waals surface area contributed by atoms with E-state index in [0.29, 0.717) is 9.23 Å². The van der Waals surface area contributed by atoms with E-state index < -0.39 is 0 Å². The average molecular weight is 251 g/mol. The van der Waals surface area contributed by atoms with Gasteiger partial charge in [-0.25, -0.2) is 0 Å². The lowest BCUT2D eigenvalue weighted by atomic mass is 10.2. The number of aromatic hydroxyl groups is 1. The summed E-state index contributed by atoms with van der Waals surface area (Å²) in [6.07, 6.45) is 1.77. The monoisotopic (exact) mass is 251 g/mol. The molecule has 0 saturated carbocycles. The number of carbonyl (C=O) groups excluding carboxylic acids is 1. The quantitative estimate of drug-likeness (QED) is 0.614. The molecule has 0 radical (unpaired) electrons. The lowest BCUT2D eigenvalue weighted by Crippen LogP contribution is -2.22. The Morgan fingerprint density at radius 2 is 2.00 bits per heavy atom. The number of hydrogen-bond acceptors (Lipinski definition) is 4. The number of thiocarbonyl (C=S) groups is 1. The van der Waals surface area contributed by atoms with Crippen molar-refractivity contribution in [2.75, 3.05) is 7.05 Å². The summed E-state index contributed by atoms with van der Waals surface area (Å²) in [6.45, 7) is 0. The van der Waals surface area contributed by atoms with Crippen LogP contribution in [0.25, 0.3) is 6.08 Å². The van der Waals surface area contributed by atoms with E-state index in [2.05, 4.69) is 0 Å². The second-order valence-corrected chi connectivity index (χ2v) is 5.01. The van der Waals surface area contributed by atoms with Crippen LogP contribution in [-0.2, 0) is 4.79 Å². The van der Waals surface area contributed by atoms with Crippen molar-refractivity contribution in [3.8, 4) is 5.75 Å². The third-order valence-corrected chi connectivity index (χ3v) is 3.66. The average Bonchev–Trinajstić information content (AvgIpc) is 2.50. The summed E-state index contributed by atoms with van der Waals surface area (Å²) < 4.78 is 0.565. The van der Waals surface area contributed by atoms with Gasteiger partial charge in [0.05, 0.1) is 4.91 Å². The highest BCUT2D eigenvalue weighted by molar-refractivity contribution is 8.26. The molecule has 0 spiro atoms. The van der Waals surface area contributed by atoms with Gasteiger partial charge in [0.15, 0.2) is 0 Å². The van der Waals surface area contributed by atoms with Crippen LogP contribution in [0.4, 0.5) is 0 Å². The first-order valence-electron chi connectivity index (χ1n) is 4.58. The molecule has 0 aromatic heterocycles. The molecule has 1 amide bonds. The second kappa shape index (κ2) is 4.27. The Balaban J connectivity index is 2.29. The number of likely N-dealkylation sites (N-methyl/N-ethyl adjacent to an activating group) is 1. The Morgan fingerprint density at radius 3 is 2.50 bits per heavy atom. The van der Waals surface area contributed by atoms with Crippen molar-refractivity contribution in [1.29, 1.82) is 0 Å². The number of amides is 1. The minimum absolute atomic E-state index is 0.0805. The lowest BCUT2D eigenvalue weighted by Gasteiger charge is -2.03. The maximum Gasteiger partial charge on any atom is 0.265 e. The van der Waals surface area contributed by atoms with E-state index in [1.54, 1.807) is 37.4 Å². The molecule has 1 aliphatic rings. The van der Waals surface area contributed by atoms with Crippen LogP contribution in [0, 0.1) is 0 Å². The number of hydrogen-bond donors (Lipinski definition) is 1. The summed E-state index contributed by atoms with van der Waals surface area (Å²) in [5, 5.41) is 9.13. The van der Waals surface area contributed by atoms with Gasteiger partial charge in [0.1, 0.15) is 10.1 Å². The summed E-state index contributed by atoms with van der Waals surface area (Å²) in [5.74, 6) is 0.128. The van der Waals surface area contributed by atoms with E-state index in [1.807, 2.05) is 0 Å². The molecule has 5 heteroatoms. The summed E-state index contributed by atoms with van der Waals surface area (Å²) in [5.41, 5.74) is 0.867. The molecule has 3 nitrogen and oxygen atoms in total. The van der Waals surface area contributed by atoms with Gasteiger partial charge in [-0.3, -0.25) is 9.69 Å². The van der Waals surface area contributed by atoms with Crippen molar-refractivity contribution in [2.45, 2.75) is 0 Å². The number of phenolic OH excluding ortho intramolecular Hbond substituents is 1. The summed E-state index contributed by atoms with van der Waals surface area (Å²) in [4.78, 5) is 13.7. The molecule has 1 aromatic carbocycles. The van der Waals surface area contributed by atoms with Gasteiger partial charge in [0, 0.05) is 7.05 Å². The van der Waals surface area contributed by atoms with Gasteiger partial charge >= 0.3 is 0 Å². The molecule has 1 aliphatic heterocycles. The van der Waals surface area contributed by atoms with E-state index >= 15 is 0 Å². The minimum Gasteiger partial charge on any atom is -0.508 e. The molecule has 2 rings (SSSR count). The number of thioether (sulfide) groups is 1. The van der Waals surface area contributed by atoms with Gasteiger partial charge in [-0.15, -0.1) is 0 Å². The maximum atomic E-state index is 11.7. The predicted octanol–water partition coefficient (Wildman–Crippen LogP) is 2.22. The molecule has 1 saturated heterocycles. The van der Waals surface area contributed by atoms with Crippen molar-refractivity contribution in [1.82, 2.24) is 4.90 Å². The molecule has 0 aliphatic carbocycles. The topological polar surface area (TPSA) is 40.5 Å². The van der Waals surface area contributed by atoms with Crippen molar-refractivity contribution in [2.24, 2.45) is 0 Å². The van der Waals surface area contributed by atoms with Crippen molar-refractivity contribution >= 4 is 40.3 Å². The minimum atomic E-state index is -0.0805. The Kier molecular flexibility index (Phi) is 2.98. The fourth-order valence-electron chi connectivity index (χ4n) is 1.27. The van der Waals surface area contributed by atoms with Crippen LogP contribution in [0.15, 0.2) is 29.2 Å². The number of rotatable bonds is 1. The highest BCUT2D eigenvalue weighted by atomic mass is 32.2. The van der Waals surface area contributed by atoms with E-state index in [0.717, 1.165) is 5.56 Å². The maximum absolute atomic E-state index is 11.7. The van der Waals surface area contributed by atoms with Crippen LogP contribution in [0.2, 0.25) is 0 Å². The highest BCUT2D eigenvalue weighted by Crippen LogP contribution is 2.31. The van der Waals surface area contributed by atoms with E-state index in [-0.39, 0.29) is 11.7 Å². The largest absolute Gasteiger partial charge is 0.508 e. The van der Waals surface area contributed by atoms with Gasteiger partial charge in [-0.05, 0) is 23.8 Å². The Hall–Kier alpha value is -1.33. The molecular formula is C11H9NO2S2. The zero-order chi connectivity index (χ0) is 11.7. The zero-order valence-corrected chi connectivity index (χ0v) is 10.1. The summed E-state index contributed by atoms with van der Waals surface area (Å²) in [7, 11) is 1.66. The van der Waals surface area contributed by atoms with Gasteiger partial charge in [-0.1, -0.05) is 36.1 Å². The highest BCUT2D eigenvalue weighted by Gasteiger charge is 2.28. The third kappa shape index (κ3) is 2.10. The Labute approximate surface area is 103 Å². The standard InChI is InChI=1S/C11H9NO2S2/c1-12-10(14)9(16-11(12)15)6-7-2-4-8(13)5-3-7/h2-6,13H,1H3. The molecule has 1 heterocycles. The van der Waals surface area contributed by atoms with Crippen molar-refractivity contribution in [3.63, 3.8) is 0 Å². The van der Waals surface area contributed by atoms with E-state index in [1.165, 1.54) is 16.7 Å². The van der Waals surface area contributed by atoms with Crippen LogP contribution in [0.3, 0.4) is 0 Å². The number of benzene rings is 1. The molecular weight excluding hydrogens is 242 g/mol. The third-order valence-electron chi connectivity index (χ3n) is 2.18. The first-order valence-corrected chi connectivity index (χ1v) is 5.81. The number of nitrogens with zero attached hydrogens (tertiary/aromatic N) is 1. The fourth-order valence-corrected chi connectivity index (χ4v) is 2.45. The lowest BCUT2D eigenvalue weighted by molar-refractivity contribution is -0.121. The SMILES string of the molecule is CN1C(=O)C(=Cc2ccc(O)cc2)SC1=S. The Morgan fingerprint density at radius 1 is 1.38 bits per heavy atom. The molecule has 1 aromatic rings. The van der Waals surface area contributed by atoms with Gasteiger partial charge in [0.25, 0.3) is 5.91 Å². The first-order chi connectivity index (χ1) is 7.58. The normalized spacial score (nSPS) is 18.6. The molecule has 1 N–H and O–H groups in total. The predicted molar refractivity (Wildman–Crippen MR) is 69.0 cm³/mol. The van der Waals surface area contributed by atoms with Crippen molar-refractivity contribution < 1.29 is 9.90 Å². The summed E-state index contributed by atoms with van der Waals surface area (Å²) >= 11 is 6.31. The van der Waals surface area contributed by atoms with Crippen LogP contribution in [0.5, 0.6) is 5.75 Å². The number of carbonyl (C=O) groups is 1. The molecule has 0 atom stereocenters. The summed E-state index contributed by atoms with van der Waals surface area (Å²) in [6, 6.07) is 6.66.